The van der Waals surface area contributed by atoms with Crippen molar-refractivity contribution in [1.82, 2.24) is 0 Å². The summed E-state index contributed by atoms with van der Waals surface area (Å²) in [5, 5.41) is 0. The summed E-state index contributed by atoms with van der Waals surface area (Å²) in [6.07, 6.45) is 39.7. The van der Waals surface area contributed by atoms with Crippen LogP contribution in [0, 0.1) is 0 Å². The van der Waals surface area contributed by atoms with Gasteiger partial charge in [0.05, 0.1) is 6.61 Å². The van der Waals surface area contributed by atoms with Gasteiger partial charge in [-0.25, -0.2) is 4.57 Å². The highest BCUT2D eigenvalue weighted by molar-refractivity contribution is 7.46. The number of phosphoric acid groups is 1. The van der Waals surface area contributed by atoms with Gasteiger partial charge in [0.1, 0.15) is 6.61 Å². The lowest BCUT2D eigenvalue weighted by Crippen LogP contribution is -2.29. The highest BCUT2D eigenvalue weighted by Gasteiger charge is 2.22. The van der Waals surface area contributed by atoms with Gasteiger partial charge < -0.3 is 19.3 Å². The predicted octanol–water partition coefficient (Wildman–Crippen LogP) is 10.8. The summed E-state index contributed by atoms with van der Waals surface area (Å²) in [5.74, 6) is -0.925. The first kappa shape index (κ1) is 45.0. The molecule has 0 spiro atoms. The number of hydrogen-bond acceptors (Lipinski definition) is 6. The van der Waals surface area contributed by atoms with Crippen LogP contribution in [-0.4, -0.2) is 41.0 Å². The van der Waals surface area contributed by atoms with E-state index in [0.717, 1.165) is 77.0 Å². The van der Waals surface area contributed by atoms with Crippen molar-refractivity contribution in [2.24, 2.45) is 0 Å². The average Bonchev–Trinajstić information content (AvgIpc) is 3.04. The Labute approximate surface area is 286 Å². The lowest BCUT2D eigenvalue weighted by atomic mass is 10.1. The number of unbranched alkanes of at least 4 members (excludes halogenated alkanes) is 15. The van der Waals surface area contributed by atoms with Crippen LogP contribution in [0.2, 0.25) is 0 Å². The zero-order chi connectivity index (χ0) is 34.7. The minimum atomic E-state index is -4.76. The number of carbonyl (C=O) groups is 2. The Morgan fingerprint density at radius 1 is 0.553 bits per heavy atom. The molecule has 0 rings (SSSR count). The van der Waals surface area contributed by atoms with E-state index in [-0.39, 0.29) is 19.4 Å². The fourth-order valence-corrected chi connectivity index (χ4v) is 5.14. The molecule has 272 valence electrons. The van der Waals surface area contributed by atoms with E-state index in [9.17, 15) is 14.2 Å². The summed E-state index contributed by atoms with van der Waals surface area (Å²) in [6.45, 7) is 3.58. The lowest BCUT2D eigenvalue weighted by molar-refractivity contribution is -0.161. The molecule has 0 aliphatic rings. The second-order valence-corrected chi connectivity index (χ2v) is 13.4. The van der Waals surface area contributed by atoms with Gasteiger partial charge in [-0.3, -0.25) is 14.1 Å². The Balaban J connectivity index is 4.05. The second-order valence-electron chi connectivity index (χ2n) is 12.2. The molecular weight excluding hydrogens is 615 g/mol. The molecule has 2 N–H and O–H groups in total. The van der Waals surface area contributed by atoms with Gasteiger partial charge >= 0.3 is 19.8 Å². The molecule has 0 aromatic heterocycles. The van der Waals surface area contributed by atoms with E-state index >= 15 is 0 Å². The molecular formula is C38H67O8P. The first-order valence-electron chi connectivity index (χ1n) is 18.4. The van der Waals surface area contributed by atoms with Crippen molar-refractivity contribution < 1.29 is 37.9 Å². The van der Waals surface area contributed by atoms with Gasteiger partial charge in [-0.05, 0) is 77.0 Å². The third-order valence-corrected chi connectivity index (χ3v) is 8.06. The third kappa shape index (κ3) is 36.7. The fourth-order valence-electron chi connectivity index (χ4n) is 4.78. The highest BCUT2D eigenvalue weighted by atomic mass is 31.2. The van der Waals surface area contributed by atoms with Gasteiger partial charge in [-0.15, -0.1) is 0 Å². The normalized spacial score (nSPS) is 13.0. The van der Waals surface area contributed by atoms with Crippen LogP contribution in [0.3, 0.4) is 0 Å². The summed E-state index contributed by atoms with van der Waals surface area (Å²) in [6, 6.07) is 0. The Kier molecular flexibility index (Phi) is 32.5. The number of ether oxygens (including phenoxy) is 2. The standard InChI is InChI=1S/C38H67O8P/c1-3-5-7-9-11-13-15-17-18-19-20-21-23-25-27-29-31-33-38(40)46-36(35-45-47(41,42)43)34-44-37(39)32-30-28-26-24-22-16-14-12-10-8-6-4-2/h11-14,17-18,20-21,36H,3-10,15-16,19,22-35H2,1-2H3,(H2,41,42,43)/b13-11-,14-12-,18-17-,21-20-/t36-/m1/s1. The van der Waals surface area contributed by atoms with Crippen molar-refractivity contribution in [2.75, 3.05) is 13.2 Å². The molecule has 0 unspecified atom stereocenters. The minimum Gasteiger partial charge on any atom is -0.462 e. The van der Waals surface area contributed by atoms with Crippen LogP contribution in [0.15, 0.2) is 48.6 Å². The van der Waals surface area contributed by atoms with Gasteiger partial charge in [0.2, 0.25) is 0 Å². The maximum atomic E-state index is 12.3. The Hall–Kier alpha value is -1.99. The number of hydrogen-bond donors (Lipinski definition) is 2. The molecule has 9 heteroatoms. The molecule has 0 aliphatic heterocycles. The van der Waals surface area contributed by atoms with Gasteiger partial charge in [-0.2, -0.15) is 0 Å². The molecule has 1 atom stereocenters. The average molecular weight is 683 g/mol. The van der Waals surface area contributed by atoms with Crippen LogP contribution in [0.25, 0.3) is 0 Å². The van der Waals surface area contributed by atoms with E-state index in [0.29, 0.717) is 12.8 Å². The van der Waals surface area contributed by atoms with Crippen LogP contribution in [0.1, 0.15) is 162 Å². The molecule has 0 fully saturated rings. The molecule has 0 saturated carbocycles. The van der Waals surface area contributed by atoms with Crippen molar-refractivity contribution in [3.63, 3.8) is 0 Å². The Morgan fingerprint density at radius 3 is 1.45 bits per heavy atom. The molecule has 0 amide bonds. The van der Waals surface area contributed by atoms with Gasteiger partial charge in [-0.1, -0.05) is 120 Å². The largest absolute Gasteiger partial charge is 0.469 e. The van der Waals surface area contributed by atoms with Gasteiger partial charge in [0, 0.05) is 12.8 Å². The van der Waals surface area contributed by atoms with Crippen molar-refractivity contribution >= 4 is 19.8 Å². The van der Waals surface area contributed by atoms with E-state index in [1.165, 1.54) is 44.9 Å². The van der Waals surface area contributed by atoms with E-state index < -0.39 is 32.5 Å². The topological polar surface area (TPSA) is 119 Å². The van der Waals surface area contributed by atoms with E-state index in [2.05, 4.69) is 67.0 Å². The fraction of sp³-hybridized carbons (Fsp3) is 0.737. The van der Waals surface area contributed by atoms with Gasteiger partial charge in [0.25, 0.3) is 0 Å². The van der Waals surface area contributed by atoms with Crippen LogP contribution in [0.4, 0.5) is 0 Å². The highest BCUT2D eigenvalue weighted by Crippen LogP contribution is 2.36. The van der Waals surface area contributed by atoms with Crippen LogP contribution < -0.4 is 0 Å². The molecule has 8 nitrogen and oxygen atoms in total. The van der Waals surface area contributed by atoms with E-state index in [1.54, 1.807) is 0 Å². The minimum absolute atomic E-state index is 0.183. The van der Waals surface area contributed by atoms with Crippen LogP contribution >= 0.6 is 7.82 Å². The molecule has 0 aliphatic carbocycles. The first-order valence-corrected chi connectivity index (χ1v) is 20.0. The smallest absolute Gasteiger partial charge is 0.462 e. The number of esters is 2. The quantitative estimate of drug-likeness (QED) is 0.0304. The second kappa shape index (κ2) is 33.9. The molecule has 47 heavy (non-hydrogen) atoms. The summed E-state index contributed by atoms with van der Waals surface area (Å²) in [5.41, 5.74) is 0. The Bertz CT molecular complexity index is 905. The molecule has 0 radical (unpaired) electrons. The summed E-state index contributed by atoms with van der Waals surface area (Å²) >= 11 is 0. The number of allylic oxidation sites excluding steroid dienone is 8. The zero-order valence-corrected chi connectivity index (χ0v) is 30.6. The lowest BCUT2D eigenvalue weighted by Gasteiger charge is -2.18. The summed E-state index contributed by atoms with van der Waals surface area (Å²) in [4.78, 5) is 42.6. The predicted molar refractivity (Wildman–Crippen MR) is 193 cm³/mol. The maximum Gasteiger partial charge on any atom is 0.469 e. The van der Waals surface area contributed by atoms with Crippen molar-refractivity contribution in [1.29, 1.82) is 0 Å². The van der Waals surface area contributed by atoms with Gasteiger partial charge in [0.15, 0.2) is 6.10 Å². The SMILES string of the molecule is CCCCC/C=C\C/C=C\C/C=C\CCCCCCC(=O)O[C@H](COC(=O)CCCCCCC/C=C\CCCCC)COP(=O)(O)O. The molecule has 0 heterocycles. The van der Waals surface area contributed by atoms with Crippen LogP contribution in [0.5, 0.6) is 0 Å². The molecule has 0 aromatic carbocycles. The summed E-state index contributed by atoms with van der Waals surface area (Å²) < 4.78 is 26.2. The van der Waals surface area contributed by atoms with Crippen molar-refractivity contribution in [3.05, 3.63) is 48.6 Å². The monoisotopic (exact) mass is 682 g/mol. The third-order valence-electron chi connectivity index (χ3n) is 7.57. The van der Waals surface area contributed by atoms with Crippen molar-refractivity contribution in [3.8, 4) is 0 Å². The summed E-state index contributed by atoms with van der Waals surface area (Å²) in [7, 11) is -4.76. The first-order chi connectivity index (χ1) is 22.8. The number of phosphoric ester groups is 1. The van der Waals surface area contributed by atoms with E-state index in [4.69, 9.17) is 19.3 Å². The van der Waals surface area contributed by atoms with Crippen LogP contribution in [-0.2, 0) is 28.2 Å². The maximum absolute atomic E-state index is 12.3. The van der Waals surface area contributed by atoms with Crippen molar-refractivity contribution in [2.45, 2.75) is 168 Å². The molecule has 0 bridgehead atoms. The number of rotatable bonds is 33. The Morgan fingerprint density at radius 2 is 0.957 bits per heavy atom. The zero-order valence-electron chi connectivity index (χ0n) is 29.7. The number of carbonyl (C=O) groups excluding carboxylic acids is 2. The van der Waals surface area contributed by atoms with E-state index in [1.807, 2.05) is 0 Å². The molecule has 0 saturated heterocycles. The molecule has 0 aromatic rings.